The molecular weight excluding hydrogens is 216 g/mol. The second-order valence-electron chi connectivity index (χ2n) is 4.14. The van der Waals surface area contributed by atoms with E-state index < -0.39 is 0 Å². The van der Waals surface area contributed by atoms with E-state index in [1.54, 1.807) is 0 Å². The van der Waals surface area contributed by atoms with Crippen LogP contribution < -0.4 is 5.32 Å². The maximum Gasteiger partial charge on any atom is 0.0669 e. The summed E-state index contributed by atoms with van der Waals surface area (Å²) in [5.74, 6) is 3.43. The Morgan fingerprint density at radius 3 is 2.81 bits per heavy atom. The molecule has 1 aliphatic heterocycles. The smallest absolute Gasteiger partial charge is 0.0669 e. The molecule has 0 bridgehead atoms. The highest BCUT2D eigenvalue weighted by atomic mass is 32.2. The van der Waals surface area contributed by atoms with E-state index in [2.05, 4.69) is 35.3 Å². The zero-order valence-corrected chi connectivity index (χ0v) is 10.1. The number of hydrogen-bond acceptors (Lipinski definition) is 3. The Hall–Kier alpha value is -1.14. The highest BCUT2D eigenvalue weighted by Gasteiger charge is 2.14. The lowest BCUT2D eigenvalue weighted by atomic mass is 10.1. The molecule has 1 atom stereocenters. The minimum atomic E-state index is 0.500. The highest BCUT2D eigenvalue weighted by Crippen LogP contribution is 2.23. The number of anilines is 1. The Kier molecular flexibility index (Phi) is 4.12. The van der Waals surface area contributed by atoms with Crippen LogP contribution in [0.3, 0.4) is 0 Å². The lowest BCUT2D eigenvalue weighted by Crippen LogP contribution is -2.13. The van der Waals surface area contributed by atoms with Crippen molar-refractivity contribution in [1.82, 2.24) is 0 Å². The number of rotatable bonds is 4. The first-order chi connectivity index (χ1) is 7.88. The van der Waals surface area contributed by atoms with E-state index in [-0.39, 0.29) is 0 Å². The number of nitrogens with one attached hydrogen (secondary N) is 1. The van der Waals surface area contributed by atoms with Crippen molar-refractivity contribution >= 4 is 17.4 Å². The van der Waals surface area contributed by atoms with E-state index >= 15 is 0 Å². The fraction of sp³-hybridized carbons (Fsp3) is 0.462. The van der Waals surface area contributed by atoms with Gasteiger partial charge in [-0.15, -0.1) is 0 Å². The monoisotopic (exact) mass is 232 g/mol. The zero-order chi connectivity index (χ0) is 11.2. The molecule has 0 unspecified atom stereocenters. The minimum Gasteiger partial charge on any atom is -0.385 e. The van der Waals surface area contributed by atoms with Gasteiger partial charge in [0.2, 0.25) is 0 Å². The van der Waals surface area contributed by atoms with Gasteiger partial charge in [-0.1, -0.05) is 12.1 Å². The third kappa shape index (κ3) is 3.18. The predicted octanol–water partition coefficient (Wildman–Crippen LogP) is 2.92. The summed E-state index contributed by atoms with van der Waals surface area (Å²) in [7, 11) is 0. The molecule has 0 amide bonds. The molecule has 0 saturated carbocycles. The fourth-order valence-corrected chi connectivity index (χ4v) is 3.12. The maximum absolute atomic E-state index is 8.57. The van der Waals surface area contributed by atoms with Crippen molar-refractivity contribution in [3.8, 4) is 6.07 Å². The number of hydrogen-bond donors (Lipinski definition) is 1. The summed E-state index contributed by atoms with van der Waals surface area (Å²) in [6.45, 7) is 1.07. The molecule has 0 radical (unpaired) electrons. The van der Waals surface area contributed by atoms with Crippen molar-refractivity contribution in [1.29, 1.82) is 5.26 Å². The van der Waals surface area contributed by atoms with Crippen LogP contribution in [0.2, 0.25) is 0 Å². The predicted molar refractivity (Wildman–Crippen MR) is 69.7 cm³/mol. The summed E-state index contributed by atoms with van der Waals surface area (Å²) in [4.78, 5) is 0. The first-order valence-electron chi connectivity index (χ1n) is 5.66. The fourth-order valence-electron chi connectivity index (χ4n) is 1.84. The summed E-state index contributed by atoms with van der Waals surface area (Å²) >= 11 is 2.05. The summed E-state index contributed by atoms with van der Waals surface area (Å²) in [6, 6.07) is 10.3. The summed E-state index contributed by atoms with van der Waals surface area (Å²) in [5.41, 5.74) is 2.25. The van der Waals surface area contributed by atoms with Gasteiger partial charge in [-0.3, -0.25) is 0 Å². The van der Waals surface area contributed by atoms with Gasteiger partial charge in [-0.2, -0.15) is 17.0 Å². The topological polar surface area (TPSA) is 35.8 Å². The zero-order valence-electron chi connectivity index (χ0n) is 9.28. The lowest BCUT2D eigenvalue weighted by Gasteiger charge is -2.11. The van der Waals surface area contributed by atoms with E-state index in [9.17, 15) is 0 Å². The van der Waals surface area contributed by atoms with Crippen LogP contribution in [-0.4, -0.2) is 18.1 Å². The van der Waals surface area contributed by atoms with E-state index in [0.717, 1.165) is 18.0 Å². The standard InChI is InChI=1S/C13H16N2S/c14-7-5-11-1-3-13(4-2-11)15-9-12-6-8-16-10-12/h1-4,12,15H,5-6,8-10H2/t12-/m1/s1. The van der Waals surface area contributed by atoms with Gasteiger partial charge in [0.25, 0.3) is 0 Å². The molecule has 0 aromatic heterocycles. The van der Waals surface area contributed by atoms with Gasteiger partial charge in [0.15, 0.2) is 0 Å². The van der Waals surface area contributed by atoms with Crippen molar-refractivity contribution in [2.45, 2.75) is 12.8 Å². The molecule has 1 N–H and O–H groups in total. The highest BCUT2D eigenvalue weighted by molar-refractivity contribution is 7.99. The van der Waals surface area contributed by atoms with Crippen LogP contribution in [0.4, 0.5) is 5.69 Å². The van der Waals surface area contributed by atoms with Crippen LogP contribution >= 0.6 is 11.8 Å². The van der Waals surface area contributed by atoms with Crippen molar-refractivity contribution in [2.24, 2.45) is 5.92 Å². The first-order valence-corrected chi connectivity index (χ1v) is 6.81. The number of benzene rings is 1. The Labute approximate surface area is 101 Å². The van der Waals surface area contributed by atoms with Crippen LogP contribution in [0.5, 0.6) is 0 Å². The minimum absolute atomic E-state index is 0.500. The number of nitrogens with zero attached hydrogens (tertiary/aromatic N) is 1. The van der Waals surface area contributed by atoms with Crippen LogP contribution in [0.25, 0.3) is 0 Å². The van der Waals surface area contributed by atoms with Gasteiger partial charge >= 0.3 is 0 Å². The first kappa shape index (κ1) is 11.3. The molecule has 1 aromatic rings. The van der Waals surface area contributed by atoms with Gasteiger partial charge in [-0.25, -0.2) is 0 Å². The maximum atomic E-state index is 8.57. The normalized spacial score (nSPS) is 19.3. The van der Waals surface area contributed by atoms with Crippen molar-refractivity contribution in [2.75, 3.05) is 23.4 Å². The van der Waals surface area contributed by atoms with Gasteiger partial charge in [0.05, 0.1) is 12.5 Å². The van der Waals surface area contributed by atoms with Gasteiger partial charge in [0, 0.05) is 12.2 Å². The molecule has 2 nitrogen and oxygen atoms in total. The van der Waals surface area contributed by atoms with Crippen LogP contribution in [0.15, 0.2) is 24.3 Å². The van der Waals surface area contributed by atoms with E-state index in [1.807, 2.05) is 12.1 Å². The van der Waals surface area contributed by atoms with Crippen LogP contribution in [0, 0.1) is 17.2 Å². The molecule has 0 spiro atoms. The van der Waals surface area contributed by atoms with Crippen LogP contribution in [-0.2, 0) is 6.42 Å². The second kappa shape index (κ2) is 5.81. The van der Waals surface area contributed by atoms with Gasteiger partial charge < -0.3 is 5.32 Å². The molecule has 1 fully saturated rings. The second-order valence-corrected chi connectivity index (χ2v) is 5.29. The molecule has 84 valence electrons. The quantitative estimate of drug-likeness (QED) is 0.867. The largest absolute Gasteiger partial charge is 0.385 e. The molecule has 16 heavy (non-hydrogen) atoms. The Morgan fingerprint density at radius 2 is 2.19 bits per heavy atom. The average molecular weight is 232 g/mol. The third-order valence-electron chi connectivity index (χ3n) is 2.86. The molecule has 1 aliphatic rings. The van der Waals surface area contributed by atoms with Crippen molar-refractivity contribution in [3.63, 3.8) is 0 Å². The molecule has 0 aliphatic carbocycles. The number of nitriles is 1. The van der Waals surface area contributed by atoms with E-state index in [4.69, 9.17) is 5.26 Å². The molecule has 1 aromatic carbocycles. The summed E-state index contributed by atoms with van der Waals surface area (Å²) in [6.07, 6.45) is 1.84. The Morgan fingerprint density at radius 1 is 1.38 bits per heavy atom. The van der Waals surface area contributed by atoms with E-state index in [0.29, 0.717) is 6.42 Å². The van der Waals surface area contributed by atoms with Gasteiger partial charge in [-0.05, 0) is 41.5 Å². The Bertz CT molecular complexity index is 361. The third-order valence-corrected chi connectivity index (χ3v) is 4.09. The molecular formula is C13H16N2S. The van der Waals surface area contributed by atoms with Crippen LogP contribution in [0.1, 0.15) is 12.0 Å². The lowest BCUT2D eigenvalue weighted by molar-refractivity contribution is 0.632. The molecule has 1 saturated heterocycles. The molecule has 3 heteroatoms. The van der Waals surface area contributed by atoms with E-state index in [1.165, 1.54) is 23.6 Å². The molecule has 2 rings (SSSR count). The van der Waals surface area contributed by atoms with Gasteiger partial charge in [0.1, 0.15) is 0 Å². The SMILES string of the molecule is N#CCc1ccc(NC[C@H]2CCSC2)cc1. The average Bonchev–Trinajstić information content (AvgIpc) is 2.82. The summed E-state index contributed by atoms with van der Waals surface area (Å²) in [5, 5.41) is 12.0. The number of thioether (sulfide) groups is 1. The summed E-state index contributed by atoms with van der Waals surface area (Å²) < 4.78 is 0. The van der Waals surface area contributed by atoms with Crippen molar-refractivity contribution in [3.05, 3.63) is 29.8 Å². The van der Waals surface area contributed by atoms with Crippen molar-refractivity contribution < 1.29 is 0 Å². The Balaban J connectivity index is 1.82. The molecule has 1 heterocycles.